The lowest BCUT2D eigenvalue weighted by molar-refractivity contribution is 0.0471. The van der Waals surface area contributed by atoms with E-state index in [4.69, 9.17) is 13.8 Å². The van der Waals surface area contributed by atoms with Crippen LogP contribution in [0.25, 0.3) is 11.1 Å². The maximum atomic E-state index is 14.0. The Labute approximate surface area is 225 Å². The van der Waals surface area contributed by atoms with Gasteiger partial charge >= 0.3 is 6.03 Å². The van der Waals surface area contributed by atoms with Gasteiger partial charge in [-0.3, -0.25) is 9.02 Å². The van der Waals surface area contributed by atoms with Crippen molar-refractivity contribution in [1.82, 2.24) is 15.4 Å². The van der Waals surface area contributed by atoms with Crippen molar-refractivity contribution in [2.75, 3.05) is 24.3 Å². The fourth-order valence-electron chi connectivity index (χ4n) is 3.10. The lowest BCUT2D eigenvalue weighted by Crippen LogP contribution is -2.45. The van der Waals surface area contributed by atoms with Crippen LogP contribution in [0.3, 0.4) is 0 Å². The Hall–Kier alpha value is -3.11. The quantitative estimate of drug-likeness (QED) is 0.262. The molecular formula is C23H28N4O8S3. The molecule has 0 saturated heterocycles. The van der Waals surface area contributed by atoms with E-state index in [0.717, 1.165) is 17.6 Å². The van der Waals surface area contributed by atoms with Gasteiger partial charge in [0, 0.05) is 5.56 Å². The molecule has 15 heteroatoms. The summed E-state index contributed by atoms with van der Waals surface area (Å²) in [5, 5.41) is 1.58. The van der Waals surface area contributed by atoms with Crippen LogP contribution in [0.5, 0.6) is 5.88 Å². The average Bonchev–Trinajstić information content (AvgIpc) is 3.34. The third-order valence-electron chi connectivity index (χ3n) is 4.80. The van der Waals surface area contributed by atoms with Gasteiger partial charge in [0.05, 0.1) is 38.5 Å². The minimum absolute atomic E-state index is 0.0729. The van der Waals surface area contributed by atoms with Crippen molar-refractivity contribution in [3.63, 3.8) is 0 Å². The van der Waals surface area contributed by atoms with Crippen molar-refractivity contribution < 1.29 is 35.4 Å². The number of carbonyl (C=O) groups excluding carboxylic acids is 1. The number of ether oxygens (including phenoxy) is 1. The SMILES string of the molecule is COc1nc(C)cnc1N(C(=O)NOCC(C)C)S(=O)(=O)c1sccc1-c1ccc(COS(C)(=O)=O)cc1. The van der Waals surface area contributed by atoms with Gasteiger partial charge in [0.15, 0.2) is 0 Å². The molecule has 206 valence electrons. The first-order valence-electron chi connectivity index (χ1n) is 11.2. The summed E-state index contributed by atoms with van der Waals surface area (Å²) >= 11 is 0.911. The Morgan fingerprint density at radius 3 is 2.42 bits per heavy atom. The summed E-state index contributed by atoms with van der Waals surface area (Å²) in [6.45, 7) is 5.36. The summed E-state index contributed by atoms with van der Waals surface area (Å²) in [5.74, 6) is -0.430. The normalized spacial score (nSPS) is 11.9. The zero-order valence-corrected chi connectivity index (χ0v) is 23.8. The molecule has 0 bridgehead atoms. The molecular weight excluding hydrogens is 556 g/mol. The number of carbonyl (C=O) groups is 1. The number of hydrogen-bond donors (Lipinski definition) is 1. The minimum atomic E-state index is -4.55. The number of aryl methyl sites for hydroxylation is 1. The molecule has 0 unspecified atom stereocenters. The lowest BCUT2D eigenvalue weighted by atomic mass is 10.1. The number of aromatic nitrogens is 2. The molecule has 0 aliphatic rings. The topological polar surface area (TPSA) is 154 Å². The highest BCUT2D eigenvalue weighted by molar-refractivity contribution is 7.95. The summed E-state index contributed by atoms with van der Waals surface area (Å²) in [5.41, 5.74) is 4.04. The van der Waals surface area contributed by atoms with E-state index in [1.54, 1.807) is 42.6 Å². The second-order valence-electron chi connectivity index (χ2n) is 8.51. The van der Waals surface area contributed by atoms with E-state index in [1.165, 1.54) is 13.3 Å². The number of sulfonamides is 1. The van der Waals surface area contributed by atoms with Crippen LogP contribution in [-0.4, -0.2) is 52.8 Å². The van der Waals surface area contributed by atoms with Crippen molar-refractivity contribution in [3.05, 3.63) is 53.2 Å². The van der Waals surface area contributed by atoms with Crippen LogP contribution in [0.15, 0.2) is 46.1 Å². The van der Waals surface area contributed by atoms with Crippen LogP contribution in [0.2, 0.25) is 0 Å². The maximum Gasteiger partial charge on any atom is 0.361 e. The molecule has 2 amide bonds. The van der Waals surface area contributed by atoms with E-state index >= 15 is 0 Å². The van der Waals surface area contributed by atoms with Gasteiger partial charge in [-0.2, -0.15) is 21.1 Å². The highest BCUT2D eigenvalue weighted by Crippen LogP contribution is 2.37. The van der Waals surface area contributed by atoms with E-state index in [-0.39, 0.29) is 35.0 Å². The molecule has 3 rings (SSSR count). The monoisotopic (exact) mass is 584 g/mol. The van der Waals surface area contributed by atoms with Gasteiger partial charge in [0.2, 0.25) is 5.82 Å². The zero-order chi connectivity index (χ0) is 28.1. The third-order valence-corrected chi connectivity index (χ3v) is 8.48. The van der Waals surface area contributed by atoms with Gasteiger partial charge in [-0.05, 0) is 35.4 Å². The van der Waals surface area contributed by atoms with Gasteiger partial charge in [-0.15, -0.1) is 11.3 Å². The molecule has 12 nitrogen and oxygen atoms in total. The first-order valence-corrected chi connectivity index (χ1v) is 15.3. The van der Waals surface area contributed by atoms with Gasteiger partial charge in [-0.1, -0.05) is 38.1 Å². The number of anilines is 1. The standard InChI is InChI=1S/C23H28N4O8S3/c1-15(2)13-34-26-23(28)27(20-21(33-4)25-16(3)12-24-20)38(31,32)22-19(10-11-36-22)18-8-6-17(7-9-18)14-35-37(5,29)30/h6-12,15H,13-14H2,1-5H3,(H,26,28). The number of thiophene rings is 1. The predicted molar refractivity (Wildman–Crippen MR) is 142 cm³/mol. The van der Waals surface area contributed by atoms with Crippen molar-refractivity contribution >= 4 is 43.3 Å². The number of hydroxylamine groups is 1. The maximum absolute atomic E-state index is 14.0. The largest absolute Gasteiger partial charge is 0.478 e. The second kappa shape index (κ2) is 12.2. The zero-order valence-electron chi connectivity index (χ0n) is 21.4. The summed E-state index contributed by atoms with van der Waals surface area (Å²) < 4.78 is 60.8. The average molecular weight is 585 g/mol. The third kappa shape index (κ3) is 7.26. The first kappa shape index (κ1) is 29.4. The molecule has 0 spiro atoms. The van der Waals surface area contributed by atoms with Crippen LogP contribution < -0.4 is 14.5 Å². The molecule has 1 N–H and O–H groups in total. The summed E-state index contributed by atoms with van der Waals surface area (Å²) in [7, 11) is -6.88. The molecule has 2 aromatic heterocycles. The Morgan fingerprint density at radius 1 is 1.13 bits per heavy atom. The Balaban J connectivity index is 2.03. The Bertz CT molecular complexity index is 1490. The number of hydrogen-bond acceptors (Lipinski definition) is 11. The van der Waals surface area contributed by atoms with Gasteiger partial charge in [-0.25, -0.2) is 20.2 Å². The number of rotatable bonds is 11. The molecule has 38 heavy (non-hydrogen) atoms. The van der Waals surface area contributed by atoms with Crippen LogP contribution >= 0.6 is 11.3 Å². The molecule has 0 aliphatic heterocycles. The summed E-state index contributed by atoms with van der Waals surface area (Å²) in [4.78, 5) is 26.7. The molecule has 1 aromatic carbocycles. The van der Waals surface area contributed by atoms with Crippen LogP contribution in [0.1, 0.15) is 25.1 Å². The predicted octanol–water partition coefficient (Wildman–Crippen LogP) is 3.49. The molecule has 0 aliphatic carbocycles. The molecule has 0 saturated carbocycles. The number of amides is 2. The van der Waals surface area contributed by atoms with E-state index in [0.29, 0.717) is 26.7 Å². The van der Waals surface area contributed by atoms with E-state index < -0.39 is 26.2 Å². The van der Waals surface area contributed by atoms with Gasteiger partial charge < -0.3 is 4.74 Å². The van der Waals surface area contributed by atoms with Crippen molar-refractivity contribution in [2.24, 2.45) is 5.92 Å². The number of urea groups is 1. The van der Waals surface area contributed by atoms with Crippen LogP contribution in [0, 0.1) is 12.8 Å². The minimum Gasteiger partial charge on any atom is -0.478 e. The number of benzene rings is 1. The first-order chi connectivity index (χ1) is 17.8. The van der Waals surface area contributed by atoms with Crippen LogP contribution in [0.4, 0.5) is 10.6 Å². The Kier molecular flexibility index (Phi) is 9.43. The Morgan fingerprint density at radius 2 is 1.82 bits per heavy atom. The summed E-state index contributed by atoms with van der Waals surface area (Å²) in [6, 6.07) is 6.99. The highest BCUT2D eigenvalue weighted by Gasteiger charge is 2.38. The highest BCUT2D eigenvalue weighted by atomic mass is 32.2. The molecule has 0 fully saturated rings. The van der Waals surface area contributed by atoms with Gasteiger partial charge in [0.1, 0.15) is 4.21 Å². The fourth-order valence-corrected chi connectivity index (χ4v) is 6.21. The number of nitrogens with one attached hydrogen (secondary N) is 1. The van der Waals surface area contributed by atoms with E-state index in [2.05, 4.69) is 15.4 Å². The molecule has 0 atom stereocenters. The fraction of sp³-hybridized carbons (Fsp3) is 0.348. The van der Waals surface area contributed by atoms with Crippen molar-refractivity contribution in [1.29, 1.82) is 0 Å². The number of methoxy groups -OCH3 is 1. The van der Waals surface area contributed by atoms with Crippen molar-refractivity contribution in [3.8, 4) is 17.0 Å². The summed E-state index contributed by atoms with van der Waals surface area (Å²) in [6.07, 6.45) is 2.27. The van der Waals surface area contributed by atoms with Gasteiger partial charge in [0.25, 0.3) is 26.0 Å². The number of nitrogens with zero attached hydrogens (tertiary/aromatic N) is 3. The van der Waals surface area contributed by atoms with E-state index in [1.807, 2.05) is 13.8 Å². The second-order valence-corrected chi connectivity index (χ2v) is 13.1. The molecule has 0 radical (unpaired) electrons. The van der Waals surface area contributed by atoms with Crippen molar-refractivity contribution in [2.45, 2.75) is 31.6 Å². The molecule has 3 aromatic rings. The smallest absolute Gasteiger partial charge is 0.361 e. The van der Waals surface area contributed by atoms with E-state index in [9.17, 15) is 21.6 Å². The molecule has 2 heterocycles. The lowest BCUT2D eigenvalue weighted by Gasteiger charge is -2.23. The van der Waals surface area contributed by atoms with Crippen LogP contribution in [-0.2, 0) is 35.8 Å².